The van der Waals surface area contributed by atoms with Crippen LogP contribution in [-0.4, -0.2) is 42.3 Å². The molecule has 8 heteroatoms. The average Bonchev–Trinajstić information content (AvgIpc) is 2.98. The minimum Gasteiger partial charge on any atom is -0.460 e. The van der Waals surface area contributed by atoms with Crippen LogP contribution in [0.5, 0.6) is 0 Å². The molecular weight excluding hydrogens is 224 g/mol. The highest BCUT2D eigenvalue weighted by Crippen LogP contribution is 1.97. The third kappa shape index (κ3) is 2.65. The Balaban J connectivity index is 2.01. The van der Waals surface area contributed by atoms with Gasteiger partial charge in [-0.1, -0.05) is 0 Å². The lowest BCUT2D eigenvalue weighted by Crippen LogP contribution is -2.16. The summed E-state index contributed by atoms with van der Waals surface area (Å²) < 4.78 is 8.13. The zero-order valence-electron chi connectivity index (χ0n) is 9.35. The molecule has 0 aliphatic carbocycles. The molecule has 0 bridgehead atoms. The van der Waals surface area contributed by atoms with Crippen molar-refractivity contribution >= 4 is 5.97 Å². The number of tetrazole rings is 1. The van der Waals surface area contributed by atoms with Crippen LogP contribution in [0.1, 0.15) is 17.5 Å². The summed E-state index contributed by atoms with van der Waals surface area (Å²) in [7, 11) is 0. The van der Waals surface area contributed by atoms with E-state index in [-0.39, 0.29) is 5.82 Å². The van der Waals surface area contributed by atoms with Crippen molar-refractivity contribution in [2.75, 3.05) is 6.61 Å². The van der Waals surface area contributed by atoms with E-state index >= 15 is 0 Å². The average molecular weight is 236 g/mol. The largest absolute Gasteiger partial charge is 0.460 e. The summed E-state index contributed by atoms with van der Waals surface area (Å²) in [6.07, 6.45) is 5.20. The standard InChI is InChI=1S/C9H12N6O2/c1-2-17-9(16)8-11-12-13-15(8)6-5-14-4-3-10-7-14/h3-4,7H,2,5-6H2,1H3. The first-order valence-corrected chi connectivity index (χ1v) is 5.20. The normalized spacial score (nSPS) is 10.4. The maximum Gasteiger partial charge on any atom is 0.378 e. The summed E-state index contributed by atoms with van der Waals surface area (Å²) in [6, 6.07) is 0. The van der Waals surface area contributed by atoms with Gasteiger partial charge in [0.1, 0.15) is 0 Å². The molecule has 0 fully saturated rings. The highest BCUT2D eigenvalue weighted by atomic mass is 16.5. The van der Waals surface area contributed by atoms with Crippen molar-refractivity contribution < 1.29 is 9.53 Å². The second-order valence-corrected chi connectivity index (χ2v) is 3.25. The second-order valence-electron chi connectivity index (χ2n) is 3.25. The van der Waals surface area contributed by atoms with Crippen LogP contribution < -0.4 is 0 Å². The third-order valence-electron chi connectivity index (χ3n) is 2.12. The molecule has 0 aliphatic heterocycles. The number of aromatic nitrogens is 6. The molecule has 2 rings (SSSR count). The summed E-state index contributed by atoms with van der Waals surface area (Å²) in [4.78, 5) is 15.4. The SMILES string of the molecule is CCOC(=O)c1nnnn1CCn1ccnc1. The molecule has 0 saturated carbocycles. The second kappa shape index (κ2) is 5.19. The molecule has 2 aromatic rings. The topological polar surface area (TPSA) is 87.7 Å². The van der Waals surface area contributed by atoms with Gasteiger partial charge in [-0.25, -0.2) is 14.5 Å². The lowest BCUT2D eigenvalue weighted by Gasteiger charge is -2.04. The molecule has 0 N–H and O–H groups in total. The van der Waals surface area contributed by atoms with Crippen LogP contribution in [0.15, 0.2) is 18.7 Å². The summed E-state index contributed by atoms with van der Waals surface area (Å²) in [5.41, 5.74) is 0. The van der Waals surface area contributed by atoms with Crippen LogP contribution >= 0.6 is 0 Å². The summed E-state index contributed by atoms with van der Waals surface area (Å²) in [5, 5.41) is 10.8. The van der Waals surface area contributed by atoms with Gasteiger partial charge >= 0.3 is 5.97 Å². The van der Waals surface area contributed by atoms with Gasteiger partial charge in [0.15, 0.2) is 0 Å². The van der Waals surface area contributed by atoms with Crippen LogP contribution in [0.3, 0.4) is 0 Å². The number of esters is 1. The van der Waals surface area contributed by atoms with Gasteiger partial charge in [0.05, 0.1) is 19.5 Å². The van der Waals surface area contributed by atoms with Crippen LogP contribution in [-0.2, 0) is 17.8 Å². The summed E-state index contributed by atoms with van der Waals surface area (Å²) in [5.74, 6) is -0.393. The van der Waals surface area contributed by atoms with Gasteiger partial charge in [0.2, 0.25) is 0 Å². The number of hydrogen-bond donors (Lipinski definition) is 0. The maximum atomic E-state index is 11.5. The van der Waals surface area contributed by atoms with Gasteiger partial charge in [-0.3, -0.25) is 0 Å². The Bertz CT molecular complexity index is 477. The van der Waals surface area contributed by atoms with Crippen molar-refractivity contribution in [3.05, 3.63) is 24.5 Å². The minimum atomic E-state index is -0.511. The Morgan fingerprint density at radius 1 is 1.47 bits per heavy atom. The number of nitrogens with zero attached hydrogens (tertiary/aromatic N) is 6. The van der Waals surface area contributed by atoms with E-state index in [1.807, 2.05) is 10.8 Å². The van der Waals surface area contributed by atoms with E-state index in [2.05, 4.69) is 20.5 Å². The van der Waals surface area contributed by atoms with E-state index in [9.17, 15) is 4.79 Å². The van der Waals surface area contributed by atoms with E-state index < -0.39 is 5.97 Å². The number of rotatable bonds is 5. The molecule has 0 aliphatic rings. The molecule has 0 radical (unpaired) electrons. The molecule has 0 atom stereocenters. The first kappa shape index (κ1) is 11.2. The monoisotopic (exact) mass is 236 g/mol. The zero-order valence-corrected chi connectivity index (χ0v) is 9.35. The first-order chi connectivity index (χ1) is 8.31. The van der Waals surface area contributed by atoms with Gasteiger partial charge < -0.3 is 9.30 Å². The molecule has 90 valence electrons. The number of hydrogen-bond acceptors (Lipinski definition) is 6. The van der Waals surface area contributed by atoms with Crippen molar-refractivity contribution in [1.29, 1.82) is 0 Å². The Morgan fingerprint density at radius 3 is 3.06 bits per heavy atom. The molecule has 8 nitrogen and oxygen atoms in total. The number of ether oxygens (including phenoxy) is 1. The van der Waals surface area contributed by atoms with Gasteiger partial charge in [-0.2, -0.15) is 0 Å². The molecular formula is C9H12N6O2. The third-order valence-corrected chi connectivity index (χ3v) is 2.12. The van der Waals surface area contributed by atoms with E-state index in [4.69, 9.17) is 4.74 Å². The van der Waals surface area contributed by atoms with Crippen molar-refractivity contribution in [2.45, 2.75) is 20.0 Å². The highest BCUT2D eigenvalue weighted by Gasteiger charge is 2.16. The van der Waals surface area contributed by atoms with Gasteiger partial charge in [0.25, 0.3) is 5.82 Å². The number of aryl methyl sites for hydroxylation is 2. The van der Waals surface area contributed by atoms with Gasteiger partial charge in [-0.05, 0) is 17.4 Å². The minimum absolute atomic E-state index is 0.118. The molecule has 17 heavy (non-hydrogen) atoms. The molecule has 0 amide bonds. The predicted molar refractivity (Wildman–Crippen MR) is 56.0 cm³/mol. The number of carbonyl (C=O) groups excluding carboxylic acids is 1. The van der Waals surface area contributed by atoms with Crippen molar-refractivity contribution in [3.8, 4) is 0 Å². The van der Waals surface area contributed by atoms with E-state index in [1.165, 1.54) is 4.68 Å². The Morgan fingerprint density at radius 2 is 2.35 bits per heavy atom. The molecule has 0 saturated heterocycles. The van der Waals surface area contributed by atoms with Crippen LogP contribution in [0.4, 0.5) is 0 Å². The fourth-order valence-corrected chi connectivity index (χ4v) is 1.33. The maximum absolute atomic E-state index is 11.5. The van der Waals surface area contributed by atoms with Crippen LogP contribution in [0.2, 0.25) is 0 Å². The fourth-order valence-electron chi connectivity index (χ4n) is 1.33. The molecule has 2 aromatic heterocycles. The zero-order chi connectivity index (χ0) is 12.1. The van der Waals surface area contributed by atoms with Crippen molar-refractivity contribution in [2.24, 2.45) is 0 Å². The van der Waals surface area contributed by atoms with Crippen molar-refractivity contribution in [3.63, 3.8) is 0 Å². The van der Waals surface area contributed by atoms with E-state index in [0.29, 0.717) is 19.7 Å². The molecule has 0 unspecified atom stereocenters. The Kier molecular flexibility index (Phi) is 3.43. The fraction of sp³-hybridized carbons (Fsp3) is 0.444. The molecule has 2 heterocycles. The Labute approximate surface area is 97.2 Å². The molecule has 0 spiro atoms. The van der Waals surface area contributed by atoms with Crippen LogP contribution in [0, 0.1) is 0 Å². The number of imidazole rings is 1. The number of carbonyl (C=O) groups is 1. The van der Waals surface area contributed by atoms with Gasteiger partial charge in [-0.15, -0.1) is 5.10 Å². The lowest BCUT2D eigenvalue weighted by molar-refractivity contribution is 0.0504. The van der Waals surface area contributed by atoms with Crippen molar-refractivity contribution in [1.82, 2.24) is 29.8 Å². The van der Waals surface area contributed by atoms with E-state index in [1.54, 1.807) is 19.4 Å². The lowest BCUT2D eigenvalue weighted by atomic mass is 10.5. The summed E-state index contributed by atoms with van der Waals surface area (Å²) in [6.45, 7) is 3.15. The molecule has 0 aromatic carbocycles. The predicted octanol–water partition coefficient (Wildman–Crippen LogP) is -0.254. The van der Waals surface area contributed by atoms with Crippen LogP contribution in [0.25, 0.3) is 0 Å². The first-order valence-electron chi connectivity index (χ1n) is 5.20. The quantitative estimate of drug-likeness (QED) is 0.665. The van der Waals surface area contributed by atoms with E-state index in [0.717, 1.165) is 0 Å². The van der Waals surface area contributed by atoms with Gasteiger partial charge in [0, 0.05) is 18.9 Å². The smallest absolute Gasteiger partial charge is 0.378 e. The Hall–Kier alpha value is -2.25. The highest BCUT2D eigenvalue weighted by molar-refractivity contribution is 5.85. The summed E-state index contributed by atoms with van der Waals surface area (Å²) >= 11 is 0.